The van der Waals surface area contributed by atoms with Gasteiger partial charge in [0.15, 0.2) is 5.69 Å². The normalized spacial score (nSPS) is 15.6. The summed E-state index contributed by atoms with van der Waals surface area (Å²) in [4.78, 5) is 12.6. The fraction of sp³-hybridized carbons (Fsp3) is 0.474. The predicted molar refractivity (Wildman–Crippen MR) is 96.0 cm³/mol. The number of rotatable bonds is 5. The van der Waals surface area contributed by atoms with E-state index in [9.17, 15) is 4.79 Å². The summed E-state index contributed by atoms with van der Waals surface area (Å²) in [6.07, 6.45) is 6.84. The Kier molecular flexibility index (Phi) is 5.97. The van der Waals surface area contributed by atoms with Crippen molar-refractivity contribution in [3.8, 4) is 5.75 Å². The third-order valence-corrected chi connectivity index (χ3v) is 4.91. The first kappa shape index (κ1) is 17.8. The van der Waals surface area contributed by atoms with Crippen LogP contribution in [0.25, 0.3) is 0 Å². The van der Waals surface area contributed by atoms with Crippen molar-refractivity contribution in [1.82, 2.24) is 10.5 Å². The Morgan fingerprint density at radius 3 is 2.72 bits per heavy atom. The largest absolute Gasteiger partial charge is 0.487 e. The van der Waals surface area contributed by atoms with Crippen molar-refractivity contribution in [2.45, 2.75) is 58.1 Å². The number of carbonyl (C=O) groups excluding carboxylic acids is 1. The highest BCUT2D eigenvalue weighted by molar-refractivity contribution is 6.32. The van der Waals surface area contributed by atoms with Crippen LogP contribution in [0.3, 0.4) is 0 Å². The number of amides is 1. The van der Waals surface area contributed by atoms with Gasteiger partial charge in [0.05, 0.1) is 10.6 Å². The molecule has 1 aromatic carbocycles. The summed E-state index contributed by atoms with van der Waals surface area (Å²) in [7, 11) is 0. The molecule has 2 aromatic rings. The molecule has 0 atom stereocenters. The van der Waals surface area contributed by atoms with Crippen LogP contribution in [0, 0.1) is 6.92 Å². The van der Waals surface area contributed by atoms with Crippen molar-refractivity contribution in [1.29, 1.82) is 0 Å². The summed E-state index contributed by atoms with van der Waals surface area (Å²) in [5.41, 5.74) is 0.958. The van der Waals surface area contributed by atoms with Gasteiger partial charge in [0.2, 0.25) is 0 Å². The van der Waals surface area contributed by atoms with E-state index in [2.05, 4.69) is 10.5 Å². The van der Waals surface area contributed by atoms with E-state index in [1.807, 2.05) is 12.1 Å². The summed E-state index contributed by atoms with van der Waals surface area (Å²) < 4.78 is 11.0. The average molecular weight is 363 g/mol. The molecule has 5 nitrogen and oxygen atoms in total. The minimum atomic E-state index is -0.193. The monoisotopic (exact) mass is 362 g/mol. The number of halogens is 1. The predicted octanol–water partition coefficient (Wildman–Crippen LogP) is 4.67. The molecule has 1 aliphatic carbocycles. The highest BCUT2D eigenvalue weighted by atomic mass is 35.5. The maximum Gasteiger partial charge on any atom is 0.274 e. The zero-order chi connectivity index (χ0) is 17.6. The van der Waals surface area contributed by atoms with Gasteiger partial charge in [0, 0.05) is 6.04 Å². The van der Waals surface area contributed by atoms with Gasteiger partial charge >= 0.3 is 0 Å². The third kappa shape index (κ3) is 4.54. The zero-order valence-corrected chi connectivity index (χ0v) is 15.1. The van der Waals surface area contributed by atoms with Gasteiger partial charge in [0.1, 0.15) is 18.1 Å². The van der Waals surface area contributed by atoms with Crippen molar-refractivity contribution in [2.24, 2.45) is 0 Å². The van der Waals surface area contributed by atoms with Crippen molar-refractivity contribution in [3.63, 3.8) is 0 Å². The topological polar surface area (TPSA) is 64.4 Å². The second-order valence-corrected chi connectivity index (χ2v) is 6.85. The van der Waals surface area contributed by atoms with E-state index in [1.54, 1.807) is 19.1 Å². The Balaban J connectivity index is 1.68. The molecule has 3 rings (SSSR count). The van der Waals surface area contributed by atoms with Gasteiger partial charge < -0.3 is 14.6 Å². The molecule has 1 fully saturated rings. The maximum atomic E-state index is 12.6. The fourth-order valence-electron chi connectivity index (χ4n) is 3.13. The van der Waals surface area contributed by atoms with Crippen molar-refractivity contribution in [3.05, 3.63) is 46.3 Å². The Morgan fingerprint density at radius 1 is 1.28 bits per heavy atom. The number of carbonyl (C=O) groups is 1. The van der Waals surface area contributed by atoms with Crippen LogP contribution >= 0.6 is 11.6 Å². The number of aromatic nitrogens is 1. The van der Waals surface area contributed by atoms with Crippen LogP contribution in [0.1, 0.15) is 60.3 Å². The molecule has 0 aliphatic heterocycles. The molecule has 0 spiro atoms. The van der Waals surface area contributed by atoms with Gasteiger partial charge in [-0.2, -0.15) is 0 Å². The van der Waals surface area contributed by atoms with E-state index < -0.39 is 0 Å². The van der Waals surface area contributed by atoms with Crippen LogP contribution in [-0.4, -0.2) is 17.1 Å². The number of aryl methyl sites for hydroxylation is 1. The molecule has 1 heterocycles. The number of hydrogen-bond donors (Lipinski definition) is 1. The lowest BCUT2D eigenvalue weighted by atomic mass is 10.1. The number of hydrogen-bond acceptors (Lipinski definition) is 4. The lowest BCUT2D eigenvalue weighted by Gasteiger charge is -2.15. The summed E-state index contributed by atoms with van der Waals surface area (Å²) in [5, 5.41) is 7.56. The van der Waals surface area contributed by atoms with E-state index >= 15 is 0 Å². The van der Waals surface area contributed by atoms with Crippen molar-refractivity contribution < 1.29 is 14.1 Å². The lowest BCUT2D eigenvalue weighted by Crippen LogP contribution is -2.35. The first-order valence-electron chi connectivity index (χ1n) is 8.78. The standard InChI is InChI=1S/C19H23ClN2O3/c1-13-15(12-24-17-11-7-6-10-16(17)20)18(22-25-13)19(23)21-14-8-4-2-3-5-9-14/h6-7,10-11,14H,2-5,8-9,12H2,1H3,(H,21,23). The molecule has 134 valence electrons. The quantitative estimate of drug-likeness (QED) is 0.785. The van der Waals surface area contributed by atoms with Crippen LogP contribution in [0.2, 0.25) is 5.02 Å². The van der Waals surface area contributed by atoms with Gasteiger partial charge in [-0.05, 0) is 31.9 Å². The highest BCUT2D eigenvalue weighted by Crippen LogP contribution is 2.25. The molecule has 0 radical (unpaired) electrons. The number of para-hydroxylation sites is 1. The Bertz CT molecular complexity index is 721. The molecule has 1 amide bonds. The third-order valence-electron chi connectivity index (χ3n) is 4.60. The lowest BCUT2D eigenvalue weighted by molar-refractivity contribution is 0.0922. The summed E-state index contributed by atoms with van der Waals surface area (Å²) in [5.74, 6) is 0.958. The minimum Gasteiger partial charge on any atom is -0.487 e. The smallest absolute Gasteiger partial charge is 0.274 e. The molecule has 25 heavy (non-hydrogen) atoms. The van der Waals surface area contributed by atoms with Gasteiger partial charge in [-0.25, -0.2) is 0 Å². The van der Waals surface area contributed by atoms with E-state index in [-0.39, 0.29) is 18.6 Å². The number of nitrogens with one attached hydrogen (secondary N) is 1. The second kappa shape index (κ2) is 8.39. The Labute approximate surface area is 152 Å². The molecule has 1 aliphatic rings. The number of benzene rings is 1. The van der Waals surface area contributed by atoms with E-state index in [1.165, 1.54) is 12.8 Å². The first-order chi connectivity index (χ1) is 12.1. The van der Waals surface area contributed by atoms with E-state index in [0.717, 1.165) is 25.7 Å². The Morgan fingerprint density at radius 2 is 2.00 bits per heavy atom. The molecule has 1 N–H and O–H groups in total. The molecular formula is C19H23ClN2O3. The average Bonchev–Trinajstić information content (AvgIpc) is 2.80. The van der Waals surface area contributed by atoms with Gasteiger partial charge in [-0.3, -0.25) is 4.79 Å². The SMILES string of the molecule is Cc1onc(C(=O)NC2CCCCCC2)c1COc1ccccc1Cl. The van der Waals surface area contributed by atoms with Gasteiger partial charge in [-0.15, -0.1) is 0 Å². The zero-order valence-electron chi connectivity index (χ0n) is 14.4. The molecule has 0 saturated heterocycles. The van der Waals surface area contributed by atoms with Crippen LogP contribution in [0.5, 0.6) is 5.75 Å². The highest BCUT2D eigenvalue weighted by Gasteiger charge is 2.23. The maximum absolute atomic E-state index is 12.6. The second-order valence-electron chi connectivity index (χ2n) is 6.45. The number of nitrogens with zero attached hydrogens (tertiary/aromatic N) is 1. The van der Waals surface area contributed by atoms with Crippen LogP contribution in [-0.2, 0) is 6.61 Å². The molecule has 1 aromatic heterocycles. The van der Waals surface area contributed by atoms with Gasteiger partial charge in [-0.1, -0.05) is 54.6 Å². The van der Waals surface area contributed by atoms with Gasteiger partial charge in [0.25, 0.3) is 5.91 Å². The molecular weight excluding hydrogens is 340 g/mol. The molecule has 0 unspecified atom stereocenters. The molecule has 0 bridgehead atoms. The fourth-order valence-corrected chi connectivity index (χ4v) is 3.32. The van der Waals surface area contributed by atoms with E-state index in [0.29, 0.717) is 27.8 Å². The van der Waals surface area contributed by atoms with Crippen molar-refractivity contribution >= 4 is 17.5 Å². The molecule has 6 heteroatoms. The van der Waals surface area contributed by atoms with Crippen LogP contribution in [0.4, 0.5) is 0 Å². The Hall–Kier alpha value is -2.01. The number of ether oxygens (including phenoxy) is 1. The minimum absolute atomic E-state index is 0.187. The van der Waals surface area contributed by atoms with Crippen LogP contribution in [0.15, 0.2) is 28.8 Å². The summed E-state index contributed by atoms with van der Waals surface area (Å²) in [6, 6.07) is 7.45. The molecule has 1 saturated carbocycles. The van der Waals surface area contributed by atoms with Crippen molar-refractivity contribution in [2.75, 3.05) is 0 Å². The van der Waals surface area contributed by atoms with E-state index in [4.69, 9.17) is 20.9 Å². The summed E-state index contributed by atoms with van der Waals surface area (Å²) >= 11 is 6.11. The summed E-state index contributed by atoms with van der Waals surface area (Å²) in [6.45, 7) is 1.97. The van der Waals surface area contributed by atoms with Crippen LogP contribution < -0.4 is 10.1 Å². The first-order valence-corrected chi connectivity index (χ1v) is 9.16.